The van der Waals surface area contributed by atoms with E-state index in [1.165, 1.54) is 16.7 Å². The molecule has 0 spiro atoms. The van der Waals surface area contributed by atoms with Crippen molar-refractivity contribution in [2.24, 2.45) is 16.3 Å². The lowest BCUT2D eigenvalue weighted by molar-refractivity contribution is -0.173. The Morgan fingerprint density at radius 1 is 1.16 bits per heavy atom. The lowest BCUT2D eigenvalue weighted by atomic mass is 9.98. The molecule has 1 aromatic carbocycles. The number of anilines is 1. The molecule has 1 saturated heterocycles. The number of rotatable bonds is 10. The maximum atomic E-state index is 13.3. The maximum Gasteiger partial charge on any atom is 0.357 e. The summed E-state index contributed by atoms with van der Waals surface area (Å²) in [6.07, 6.45) is 0. The summed E-state index contributed by atoms with van der Waals surface area (Å²) in [5.74, 6) is -2.28. The van der Waals surface area contributed by atoms with Crippen molar-refractivity contribution in [1.82, 2.24) is 19.6 Å². The molecule has 2 aromatic rings. The second kappa shape index (κ2) is 14.2. The zero-order valence-corrected chi connectivity index (χ0v) is 26.3. The van der Waals surface area contributed by atoms with Gasteiger partial charge in [0.15, 0.2) is 5.13 Å². The van der Waals surface area contributed by atoms with E-state index >= 15 is 0 Å². The number of nitrogens with zero attached hydrogens (tertiary/aromatic N) is 4. The SMILES string of the molecule is CC1=C(C(=O)OCOC(=O)C(C)(C)C)N2C(=O)C(NC(=O)/C(=N/OCc3ccc(CN)cc3)c3nsc(N)n3)[C@H]2SC1.Cl. The zero-order valence-electron chi connectivity index (χ0n) is 23.8. The average Bonchev–Trinajstić information content (AvgIpc) is 3.38. The van der Waals surface area contributed by atoms with Crippen LogP contribution in [0.4, 0.5) is 5.13 Å². The highest BCUT2D eigenvalue weighted by molar-refractivity contribution is 8.00. The molecule has 5 N–H and O–H groups in total. The molecular formula is C26H32ClN7O7S2. The predicted octanol–water partition coefficient (Wildman–Crippen LogP) is 1.69. The zero-order chi connectivity index (χ0) is 30.6. The number of nitrogen functional groups attached to an aromatic ring is 1. The first-order valence-electron chi connectivity index (χ1n) is 12.8. The Balaban J connectivity index is 0.00000506. The normalized spacial score (nSPS) is 18.2. The van der Waals surface area contributed by atoms with Gasteiger partial charge in [-0.25, -0.2) is 4.79 Å². The number of β-lactam (4-membered cyclic amide) rings is 1. The first kappa shape index (κ1) is 33.8. The van der Waals surface area contributed by atoms with Crippen molar-refractivity contribution in [3.8, 4) is 0 Å². The first-order chi connectivity index (χ1) is 19.9. The Hall–Kier alpha value is -3.73. The number of benzene rings is 1. The van der Waals surface area contributed by atoms with E-state index in [0.717, 1.165) is 22.7 Å². The predicted molar refractivity (Wildman–Crippen MR) is 161 cm³/mol. The van der Waals surface area contributed by atoms with Crippen LogP contribution in [0.25, 0.3) is 0 Å². The third kappa shape index (κ3) is 7.81. The minimum atomic E-state index is -0.970. The maximum absolute atomic E-state index is 13.3. The standard InChI is InChI=1S/C26H31N7O7S2.ClH/c1-13-11-41-22-17(21(35)33(22)18(13)23(36)38-12-39-24(37)26(2,3)4)29-20(34)16(19-30-25(28)42-32-19)31-40-10-15-7-5-14(9-27)6-8-15;/h5-8,17,22H,9-12,27H2,1-4H3,(H,29,34)(H2,28,30,32);1H/b31-16+;/t17?,22-;/m1./s1. The van der Waals surface area contributed by atoms with E-state index in [1.807, 2.05) is 24.3 Å². The van der Waals surface area contributed by atoms with Crippen LogP contribution in [-0.4, -0.2) is 67.7 Å². The van der Waals surface area contributed by atoms with Gasteiger partial charge in [0.1, 0.15) is 23.7 Å². The van der Waals surface area contributed by atoms with Gasteiger partial charge in [0.05, 0.1) is 5.41 Å². The van der Waals surface area contributed by atoms with Crippen molar-refractivity contribution in [2.75, 3.05) is 18.3 Å². The minimum absolute atomic E-state index is 0. The number of ether oxygens (including phenoxy) is 2. The van der Waals surface area contributed by atoms with Crippen LogP contribution < -0.4 is 16.8 Å². The van der Waals surface area contributed by atoms with Crippen molar-refractivity contribution < 1.29 is 33.5 Å². The molecule has 0 radical (unpaired) electrons. The van der Waals surface area contributed by atoms with Crippen molar-refractivity contribution in [2.45, 2.75) is 52.3 Å². The number of fused-ring (bicyclic) bond motifs is 1. The van der Waals surface area contributed by atoms with Crippen LogP contribution in [0.5, 0.6) is 0 Å². The monoisotopic (exact) mass is 653 g/mol. The van der Waals surface area contributed by atoms with E-state index in [-0.39, 0.29) is 41.4 Å². The number of oxime groups is 1. The number of hydrogen-bond acceptors (Lipinski definition) is 14. The van der Waals surface area contributed by atoms with Gasteiger partial charge >= 0.3 is 11.9 Å². The summed E-state index contributed by atoms with van der Waals surface area (Å²) in [4.78, 5) is 62.0. The highest BCUT2D eigenvalue weighted by Gasteiger charge is 2.54. The molecule has 17 heteroatoms. The molecule has 0 aliphatic carbocycles. The lowest BCUT2D eigenvalue weighted by Gasteiger charge is -2.49. The topological polar surface area (TPSA) is 201 Å². The first-order valence-corrected chi connectivity index (χ1v) is 14.6. The Morgan fingerprint density at radius 3 is 2.44 bits per heavy atom. The van der Waals surface area contributed by atoms with Crippen LogP contribution in [0.3, 0.4) is 0 Å². The average molecular weight is 654 g/mol. The van der Waals surface area contributed by atoms with Gasteiger partial charge in [-0.3, -0.25) is 19.3 Å². The van der Waals surface area contributed by atoms with Crippen molar-refractivity contribution in [1.29, 1.82) is 0 Å². The van der Waals surface area contributed by atoms with Gasteiger partial charge in [-0.05, 0) is 44.4 Å². The molecule has 2 amide bonds. The molecule has 2 aliphatic heterocycles. The van der Waals surface area contributed by atoms with Crippen molar-refractivity contribution in [3.05, 3.63) is 52.5 Å². The second-order valence-electron chi connectivity index (χ2n) is 10.4. The number of thioether (sulfide) groups is 1. The van der Waals surface area contributed by atoms with Crippen LogP contribution >= 0.6 is 35.7 Å². The van der Waals surface area contributed by atoms with E-state index < -0.39 is 47.4 Å². The largest absolute Gasteiger partial charge is 0.427 e. The molecule has 3 heterocycles. The fraction of sp³-hybridized carbons (Fsp3) is 0.423. The second-order valence-corrected chi connectivity index (χ2v) is 12.3. The van der Waals surface area contributed by atoms with Crippen LogP contribution in [0.1, 0.15) is 44.6 Å². The number of esters is 2. The van der Waals surface area contributed by atoms with Gasteiger partial charge in [0, 0.05) is 23.8 Å². The summed E-state index contributed by atoms with van der Waals surface area (Å²) in [6.45, 7) is 6.57. The van der Waals surface area contributed by atoms with E-state index in [4.69, 9.17) is 25.8 Å². The van der Waals surface area contributed by atoms with E-state index in [0.29, 0.717) is 17.9 Å². The molecule has 2 atom stereocenters. The van der Waals surface area contributed by atoms with Gasteiger partial charge in [0.25, 0.3) is 11.8 Å². The molecule has 2 aliphatic rings. The number of carbonyl (C=O) groups is 4. The van der Waals surface area contributed by atoms with Gasteiger partial charge in [-0.1, -0.05) is 29.4 Å². The van der Waals surface area contributed by atoms with E-state index in [9.17, 15) is 19.2 Å². The number of carbonyl (C=O) groups excluding carboxylic acids is 4. The number of hydrogen-bond donors (Lipinski definition) is 3. The minimum Gasteiger partial charge on any atom is -0.427 e. The van der Waals surface area contributed by atoms with E-state index in [2.05, 4.69) is 19.8 Å². The fourth-order valence-corrected chi connectivity index (χ4v) is 5.58. The van der Waals surface area contributed by atoms with Gasteiger partial charge < -0.3 is 31.1 Å². The summed E-state index contributed by atoms with van der Waals surface area (Å²) in [7, 11) is 0. The number of amides is 2. The van der Waals surface area contributed by atoms with Crippen LogP contribution in [0.15, 0.2) is 40.7 Å². The summed E-state index contributed by atoms with van der Waals surface area (Å²) in [6, 6.07) is 6.39. The van der Waals surface area contributed by atoms with Gasteiger partial charge in [0.2, 0.25) is 18.3 Å². The number of nitrogens with one attached hydrogen (secondary N) is 1. The quantitative estimate of drug-likeness (QED) is 0.110. The fourth-order valence-electron chi connectivity index (χ4n) is 3.85. The van der Waals surface area contributed by atoms with Gasteiger partial charge in [-0.15, -0.1) is 24.2 Å². The molecule has 0 bridgehead atoms. The molecule has 1 fully saturated rings. The summed E-state index contributed by atoms with van der Waals surface area (Å²) >= 11 is 2.24. The van der Waals surface area contributed by atoms with Crippen molar-refractivity contribution >= 4 is 70.3 Å². The number of aromatic nitrogens is 2. The number of halogens is 1. The highest BCUT2D eigenvalue weighted by Crippen LogP contribution is 2.40. The third-order valence-electron chi connectivity index (χ3n) is 6.15. The molecule has 232 valence electrons. The summed E-state index contributed by atoms with van der Waals surface area (Å²) in [5, 5.41) is 6.14. The Bertz CT molecular complexity index is 1440. The van der Waals surface area contributed by atoms with Crippen LogP contribution in [0, 0.1) is 5.41 Å². The van der Waals surface area contributed by atoms with Crippen LogP contribution in [-0.2, 0) is 46.6 Å². The summed E-state index contributed by atoms with van der Waals surface area (Å²) < 4.78 is 14.2. The van der Waals surface area contributed by atoms with Gasteiger partial charge in [-0.2, -0.15) is 9.36 Å². The van der Waals surface area contributed by atoms with Crippen molar-refractivity contribution in [3.63, 3.8) is 0 Å². The Labute approximate surface area is 262 Å². The third-order valence-corrected chi connectivity index (χ3v) is 8.11. The Morgan fingerprint density at radius 2 is 1.84 bits per heavy atom. The molecule has 1 unspecified atom stereocenters. The molecule has 4 rings (SSSR count). The molecular weight excluding hydrogens is 622 g/mol. The highest BCUT2D eigenvalue weighted by atomic mass is 35.5. The van der Waals surface area contributed by atoms with E-state index in [1.54, 1.807) is 27.7 Å². The number of nitrogens with two attached hydrogens (primary N) is 2. The summed E-state index contributed by atoms with van der Waals surface area (Å²) in [5.41, 5.74) is 12.7. The Kier molecular flexibility index (Phi) is 11.1. The molecule has 14 nitrogen and oxygen atoms in total. The van der Waals surface area contributed by atoms with Crippen LogP contribution in [0.2, 0.25) is 0 Å². The molecule has 1 aromatic heterocycles. The molecule has 43 heavy (non-hydrogen) atoms. The molecule has 0 saturated carbocycles. The lowest BCUT2D eigenvalue weighted by Crippen LogP contribution is -2.71. The smallest absolute Gasteiger partial charge is 0.357 e.